The molecule has 0 bridgehead atoms. The quantitative estimate of drug-likeness (QED) is 0.805. The fourth-order valence-corrected chi connectivity index (χ4v) is 1.62. The lowest BCUT2D eigenvalue weighted by atomic mass is 10.5. The summed E-state index contributed by atoms with van der Waals surface area (Å²) in [7, 11) is 1.84. The van der Waals surface area contributed by atoms with Crippen molar-refractivity contribution in [2.24, 2.45) is 0 Å². The van der Waals surface area contributed by atoms with Gasteiger partial charge in [-0.3, -0.25) is 0 Å². The van der Waals surface area contributed by atoms with Crippen molar-refractivity contribution in [1.82, 2.24) is 10.3 Å². The smallest absolute Gasteiger partial charge is 0.357 e. The van der Waals surface area contributed by atoms with E-state index < -0.39 is 0 Å². The molecule has 0 unspecified atom stereocenters. The lowest BCUT2D eigenvalue weighted by molar-refractivity contribution is 0.0520. The second-order valence-corrected chi connectivity index (χ2v) is 3.32. The Labute approximate surface area is 93.1 Å². The Morgan fingerprint density at radius 3 is 3.00 bits per heavy atom. The number of nitrogens with one attached hydrogen (secondary N) is 1. The number of aromatic nitrogens is 1. The summed E-state index contributed by atoms with van der Waals surface area (Å²) in [5.41, 5.74) is 0.400. The van der Waals surface area contributed by atoms with Gasteiger partial charge in [0.25, 0.3) is 0 Å². The summed E-state index contributed by atoms with van der Waals surface area (Å²) < 4.78 is 4.80. The first-order valence-electron chi connectivity index (χ1n) is 4.04. The van der Waals surface area contributed by atoms with Crippen molar-refractivity contribution in [1.29, 1.82) is 0 Å². The third-order valence-corrected chi connectivity index (χ3v) is 2.21. The van der Waals surface area contributed by atoms with Gasteiger partial charge in [0.05, 0.1) is 6.61 Å². The molecule has 6 heteroatoms. The van der Waals surface area contributed by atoms with Gasteiger partial charge in [-0.1, -0.05) is 0 Å². The van der Waals surface area contributed by atoms with Crippen LogP contribution in [-0.2, 0) is 11.3 Å². The van der Waals surface area contributed by atoms with E-state index in [1.165, 1.54) is 11.3 Å². The molecule has 0 saturated heterocycles. The summed E-state index contributed by atoms with van der Waals surface area (Å²) in [6, 6.07) is 0. The van der Waals surface area contributed by atoms with Crippen molar-refractivity contribution >= 4 is 29.7 Å². The summed E-state index contributed by atoms with van der Waals surface area (Å²) in [6.45, 7) is 2.85. The van der Waals surface area contributed by atoms with E-state index in [2.05, 4.69) is 10.3 Å². The third kappa shape index (κ3) is 3.61. The number of ether oxygens (including phenoxy) is 1. The van der Waals surface area contributed by atoms with Crippen LogP contribution in [0.1, 0.15) is 22.4 Å². The lowest BCUT2D eigenvalue weighted by Crippen LogP contribution is -2.07. The highest BCUT2D eigenvalue weighted by molar-refractivity contribution is 7.09. The molecule has 0 aliphatic carbocycles. The maximum Gasteiger partial charge on any atom is 0.357 e. The molecule has 0 spiro atoms. The maximum atomic E-state index is 11.2. The molecule has 1 rings (SSSR count). The van der Waals surface area contributed by atoms with Gasteiger partial charge in [-0.2, -0.15) is 0 Å². The number of nitrogens with zero attached hydrogens (tertiary/aromatic N) is 1. The zero-order chi connectivity index (χ0) is 9.68. The average Bonchev–Trinajstić information content (AvgIpc) is 2.54. The zero-order valence-corrected chi connectivity index (χ0v) is 9.70. The van der Waals surface area contributed by atoms with Crippen LogP contribution in [0.2, 0.25) is 0 Å². The van der Waals surface area contributed by atoms with E-state index >= 15 is 0 Å². The highest BCUT2D eigenvalue weighted by atomic mass is 35.5. The standard InChI is InChI=1S/C8H12N2O2S.ClH/c1-3-12-8(11)6-5-13-7(10-6)4-9-2;/h5,9H,3-4H2,1-2H3;1H. The van der Waals surface area contributed by atoms with Crippen LogP contribution in [0.25, 0.3) is 0 Å². The molecule has 1 N–H and O–H groups in total. The molecule has 1 aromatic rings. The van der Waals surface area contributed by atoms with Crippen LogP contribution in [-0.4, -0.2) is 24.6 Å². The zero-order valence-electron chi connectivity index (χ0n) is 8.07. The Balaban J connectivity index is 0.00000169. The second kappa shape index (κ2) is 6.75. The molecule has 4 nitrogen and oxygen atoms in total. The molecule has 0 saturated carbocycles. The van der Waals surface area contributed by atoms with Gasteiger partial charge < -0.3 is 10.1 Å². The predicted molar refractivity (Wildman–Crippen MR) is 58.1 cm³/mol. The Morgan fingerprint density at radius 1 is 1.71 bits per heavy atom. The first-order valence-corrected chi connectivity index (χ1v) is 4.92. The molecular weight excluding hydrogens is 224 g/mol. The number of hydrogen-bond donors (Lipinski definition) is 1. The van der Waals surface area contributed by atoms with Crippen molar-refractivity contribution in [3.8, 4) is 0 Å². The second-order valence-electron chi connectivity index (χ2n) is 2.38. The van der Waals surface area contributed by atoms with Crippen LogP contribution in [0.15, 0.2) is 5.38 Å². The highest BCUT2D eigenvalue weighted by Crippen LogP contribution is 2.10. The van der Waals surface area contributed by atoms with Gasteiger partial charge in [0.1, 0.15) is 5.01 Å². The molecule has 0 radical (unpaired) electrons. The van der Waals surface area contributed by atoms with Crippen molar-refractivity contribution in [2.75, 3.05) is 13.7 Å². The van der Waals surface area contributed by atoms with Crippen molar-refractivity contribution in [3.63, 3.8) is 0 Å². The van der Waals surface area contributed by atoms with Gasteiger partial charge in [0, 0.05) is 11.9 Å². The highest BCUT2D eigenvalue weighted by Gasteiger charge is 2.10. The van der Waals surface area contributed by atoms with Gasteiger partial charge in [0.15, 0.2) is 5.69 Å². The predicted octanol–water partition coefficient (Wildman–Crippen LogP) is 1.46. The third-order valence-electron chi connectivity index (χ3n) is 1.36. The Hall–Kier alpha value is -0.650. The first-order chi connectivity index (χ1) is 6.27. The van der Waals surface area contributed by atoms with E-state index in [0.29, 0.717) is 18.8 Å². The monoisotopic (exact) mass is 236 g/mol. The van der Waals surface area contributed by atoms with E-state index in [-0.39, 0.29) is 18.4 Å². The summed E-state index contributed by atoms with van der Waals surface area (Å²) in [5, 5.41) is 5.57. The summed E-state index contributed by atoms with van der Waals surface area (Å²) >= 11 is 1.45. The van der Waals surface area contributed by atoms with Crippen molar-refractivity contribution in [2.45, 2.75) is 13.5 Å². The molecule has 0 aromatic carbocycles. The number of carbonyl (C=O) groups is 1. The van der Waals surface area contributed by atoms with Crippen LogP contribution < -0.4 is 5.32 Å². The van der Waals surface area contributed by atoms with Crippen LogP contribution in [0, 0.1) is 0 Å². The number of carbonyl (C=O) groups excluding carboxylic acids is 1. The Kier molecular flexibility index (Phi) is 6.44. The van der Waals surface area contributed by atoms with E-state index in [1.54, 1.807) is 12.3 Å². The van der Waals surface area contributed by atoms with Crippen LogP contribution >= 0.6 is 23.7 Å². The molecule has 80 valence electrons. The fraction of sp³-hybridized carbons (Fsp3) is 0.500. The van der Waals surface area contributed by atoms with Crippen LogP contribution in [0.5, 0.6) is 0 Å². The summed E-state index contributed by atoms with van der Waals surface area (Å²) in [6.07, 6.45) is 0. The Bertz CT molecular complexity index is 291. The van der Waals surface area contributed by atoms with Crippen LogP contribution in [0.3, 0.4) is 0 Å². The lowest BCUT2D eigenvalue weighted by Gasteiger charge is -1.96. The fourth-order valence-electron chi connectivity index (χ4n) is 0.842. The SMILES string of the molecule is CCOC(=O)c1csc(CNC)n1.Cl. The first kappa shape index (κ1) is 13.4. The van der Waals surface area contributed by atoms with E-state index in [1.807, 2.05) is 7.05 Å². The van der Waals surface area contributed by atoms with Crippen LogP contribution in [0.4, 0.5) is 0 Å². The van der Waals surface area contributed by atoms with Gasteiger partial charge in [-0.05, 0) is 14.0 Å². The number of halogens is 1. The maximum absolute atomic E-state index is 11.2. The molecule has 0 aliphatic heterocycles. The van der Waals surface area contributed by atoms with Gasteiger partial charge in [-0.25, -0.2) is 9.78 Å². The number of esters is 1. The normalized spacial score (nSPS) is 9.29. The number of thiazole rings is 1. The molecule has 0 amide bonds. The summed E-state index contributed by atoms with van der Waals surface area (Å²) in [5.74, 6) is -0.346. The van der Waals surface area contributed by atoms with Gasteiger partial charge in [-0.15, -0.1) is 23.7 Å². The van der Waals surface area contributed by atoms with E-state index in [0.717, 1.165) is 5.01 Å². The Morgan fingerprint density at radius 2 is 2.43 bits per heavy atom. The minimum Gasteiger partial charge on any atom is -0.461 e. The average molecular weight is 237 g/mol. The van der Waals surface area contributed by atoms with E-state index in [4.69, 9.17) is 4.74 Å². The van der Waals surface area contributed by atoms with E-state index in [9.17, 15) is 4.79 Å². The largest absolute Gasteiger partial charge is 0.461 e. The molecule has 1 heterocycles. The molecular formula is C8H13ClN2O2S. The topological polar surface area (TPSA) is 51.2 Å². The van der Waals surface area contributed by atoms with Gasteiger partial charge >= 0.3 is 5.97 Å². The molecule has 1 aromatic heterocycles. The molecule has 0 aliphatic rings. The van der Waals surface area contributed by atoms with Crippen molar-refractivity contribution in [3.05, 3.63) is 16.1 Å². The van der Waals surface area contributed by atoms with Gasteiger partial charge in [0.2, 0.25) is 0 Å². The minimum atomic E-state index is -0.346. The molecule has 0 fully saturated rings. The van der Waals surface area contributed by atoms with Crippen molar-refractivity contribution < 1.29 is 9.53 Å². The summed E-state index contributed by atoms with van der Waals surface area (Å²) in [4.78, 5) is 15.3. The minimum absolute atomic E-state index is 0. The number of hydrogen-bond acceptors (Lipinski definition) is 5. The molecule has 14 heavy (non-hydrogen) atoms. The molecule has 0 atom stereocenters. The number of rotatable bonds is 4.